The van der Waals surface area contributed by atoms with E-state index in [0.717, 1.165) is 0 Å². The molecule has 13 heavy (non-hydrogen) atoms. The minimum atomic E-state index is -1.45. The van der Waals surface area contributed by atoms with Crippen LogP contribution in [-0.4, -0.2) is 57.7 Å². The van der Waals surface area contributed by atoms with E-state index in [0.29, 0.717) is 0 Å². The quantitative estimate of drug-likeness (QED) is 0.423. The summed E-state index contributed by atoms with van der Waals surface area (Å²) in [5.74, 6) is 0. The van der Waals surface area contributed by atoms with Crippen molar-refractivity contribution >= 4 is 11.9 Å². The molecule has 1 unspecified atom stereocenters. The first-order valence-electron chi connectivity index (χ1n) is 3.69. The van der Waals surface area contributed by atoms with Crippen LogP contribution < -0.4 is 0 Å². The van der Waals surface area contributed by atoms with Crippen LogP contribution in [-0.2, 0) is 9.03 Å². The molecule has 0 amide bonds. The molecular weight excluding hydrogens is 204 g/mol. The average Bonchev–Trinajstić information content (AvgIpc) is 2.15. The summed E-state index contributed by atoms with van der Waals surface area (Å²) in [6, 6.07) is 0. The topological polar surface area (TPSA) is 99.4 Å². The fraction of sp³-hybridized carbons (Fsp3) is 1.00. The van der Waals surface area contributed by atoms with E-state index in [4.69, 9.17) is 21.7 Å². The Kier molecular flexibility index (Phi) is 3.87. The van der Waals surface area contributed by atoms with Crippen molar-refractivity contribution in [2.45, 2.75) is 30.7 Å². The predicted molar refractivity (Wildman–Crippen MR) is 40.7 cm³/mol. The molecule has 0 aliphatic carbocycles. The van der Waals surface area contributed by atoms with Crippen LogP contribution in [0.2, 0.25) is 0 Å². The highest BCUT2D eigenvalue weighted by atomic mass is 35.5. The standard InChI is InChI=1S/C6H11ClO6/c7-13-6-5(11)4(10)3(9)2(1-8)12-6/h2-6,8-11H,1H2/t2-,3+,4-,5+,6?/m1/s1. The first-order valence-corrected chi connectivity index (χ1v) is 4.00. The van der Waals surface area contributed by atoms with E-state index in [9.17, 15) is 15.3 Å². The summed E-state index contributed by atoms with van der Waals surface area (Å²) < 4.78 is 8.99. The number of aliphatic hydroxyl groups is 4. The van der Waals surface area contributed by atoms with Crippen LogP contribution in [0.5, 0.6) is 0 Å². The lowest BCUT2D eigenvalue weighted by Gasteiger charge is -2.38. The predicted octanol–water partition coefficient (Wildman–Crippen LogP) is -2.04. The van der Waals surface area contributed by atoms with E-state index >= 15 is 0 Å². The van der Waals surface area contributed by atoms with Crippen molar-refractivity contribution in [2.24, 2.45) is 0 Å². The number of aliphatic hydroxyl groups excluding tert-OH is 4. The maximum Gasteiger partial charge on any atom is 0.206 e. The molecule has 0 aromatic rings. The molecule has 1 aliphatic heterocycles. The van der Waals surface area contributed by atoms with Gasteiger partial charge in [0.1, 0.15) is 24.4 Å². The largest absolute Gasteiger partial charge is 0.394 e. The van der Waals surface area contributed by atoms with Crippen LogP contribution >= 0.6 is 11.9 Å². The minimum absolute atomic E-state index is 0.498. The fourth-order valence-corrected chi connectivity index (χ4v) is 1.29. The number of hydrogen-bond donors (Lipinski definition) is 4. The van der Waals surface area contributed by atoms with E-state index in [-0.39, 0.29) is 0 Å². The molecule has 0 aromatic heterocycles. The first-order chi connectivity index (χ1) is 6.11. The molecule has 1 saturated heterocycles. The molecule has 0 spiro atoms. The lowest BCUT2D eigenvalue weighted by atomic mass is 10.00. The average molecular weight is 215 g/mol. The summed E-state index contributed by atoms with van der Waals surface area (Å²) in [6.07, 6.45) is -6.51. The first kappa shape index (κ1) is 11.1. The maximum atomic E-state index is 9.23. The van der Waals surface area contributed by atoms with E-state index in [1.807, 2.05) is 0 Å². The van der Waals surface area contributed by atoms with Gasteiger partial charge in [-0.15, -0.1) is 0 Å². The van der Waals surface area contributed by atoms with Crippen molar-refractivity contribution in [2.75, 3.05) is 6.61 Å². The van der Waals surface area contributed by atoms with Crippen molar-refractivity contribution in [3.05, 3.63) is 0 Å². The maximum absolute atomic E-state index is 9.23. The van der Waals surface area contributed by atoms with Gasteiger partial charge in [-0.2, -0.15) is 0 Å². The van der Waals surface area contributed by atoms with Crippen molar-refractivity contribution in [3.63, 3.8) is 0 Å². The van der Waals surface area contributed by atoms with Crippen LogP contribution in [0.1, 0.15) is 0 Å². The zero-order valence-electron chi connectivity index (χ0n) is 6.58. The fourth-order valence-electron chi connectivity index (χ4n) is 1.14. The second-order valence-corrected chi connectivity index (χ2v) is 2.96. The van der Waals surface area contributed by atoms with Gasteiger partial charge >= 0.3 is 0 Å². The summed E-state index contributed by atoms with van der Waals surface area (Å²) in [5.41, 5.74) is 0. The lowest BCUT2D eigenvalue weighted by Crippen LogP contribution is -2.58. The van der Waals surface area contributed by atoms with E-state index in [1.165, 1.54) is 0 Å². The Hall–Kier alpha value is 0.0500. The van der Waals surface area contributed by atoms with Gasteiger partial charge in [-0.3, -0.25) is 0 Å². The van der Waals surface area contributed by atoms with Gasteiger partial charge in [0, 0.05) is 0 Å². The second kappa shape index (κ2) is 4.52. The molecule has 0 aromatic carbocycles. The summed E-state index contributed by atoms with van der Waals surface area (Å²) in [7, 11) is 0. The zero-order chi connectivity index (χ0) is 10.0. The third-order valence-corrected chi connectivity index (χ3v) is 2.11. The summed E-state index contributed by atoms with van der Waals surface area (Å²) in [6.45, 7) is -0.498. The molecular formula is C6H11ClO6. The van der Waals surface area contributed by atoms with Gasteiger partial charge in [0.05, 0.1) is 18.5 Å². The van der Waals surface area contributed by atoms with Crippen LogP contribution in [0, 0.1) is 0 Å². The Morgan fingerprint density at radius 3 is 2.23 bits per heavy atom. The summed E-state index contributed by atoms with van der Waals surface area (Å²) in [5, 5.41) is 36.3. The molecule has 0 saturated carbocycles. The summed E-state index contributed by atoms with van der Waals surface area (Å²) >= 11 is 4.95. The SMILES string of the molecule is OC[C@H]1OC(OCl)[C@@H](O)[C@H](O)[C@H]1O. The van der Waals surface area contributed by atoms with Crippen LogP contribution in [0.15, 0.2) is 0 Å². The minimum Gasteiger partial charge on any atom is -0.394 e. The molecule has 0 bridgehead atoms. The molecule has 5 atom stereocenters. The zero-order valence-corrected chi connectivity index (χ0v) is 7.33. The molecule has 4 N–H and O–H groups in total. The third kappa shape index (κ3) is 2.10. The molecule has 7 heteroatoms. The van der Waals surface area contributed by atoms with E-state index in [1.54, 1.807) is 0 Å². The molecule has 6 nitrogen and oxygen atoms in total. The van der Waals surface area contributed by atoms with Gasteiger partial charge in [-0.1, -0.05) is 0 Å². The van der Waals surface area contributed by atoms with Crippen molar-refractivity contribution in [1.82, 2.24) is 0 Å². The van der Waals surface area contributed by atoms with Gasteiger partial charge in [0.15, 0.2) is 0 Å². The summed E-state index contributed by atoms with van der Waals surface area (Å²) in [4.78, 5) is 0. The van der Waals surface area contributed by atoms with Crippen LogP contribution in [0.3, 0.4) is 0 Å². The Balaban J connectivity index is 2.66. The molecule has 1 rings (SSSR count). The molecule has 0 radical (unpaired) electrons. The lowest BCUT2D eigenvalue weighted by molar-refractivity contribution is -0.276. The number of halogens is 1. The Morgan fingerprint density at radius 1 is 1.15 bits per heavy atom. The van der Waals surface area contributed by atoms with Gasteiger partial charge in [-0.05, 0) is 0 Å². The molecule has 1 aliphatic rings. The second-order valence-electron chi connectivity index (χ2n) is 2.79. The monoisotopic (exact) mass is 214 g/mol. The normalized spacial score (nSPS) is 46.4. The van der Waals surface area contributed by atoms with Gasteiger partial charge < -0.3 is 25.2 Å². The van der Waals surface area contributed by atoms with Gasteiger partial charge in [-0.25, -0.2) is 4.29 Å². The number of ether oxygens (including phenoxy) is 1. The number of hydrogen-bond acceptors (Lipinski definition) is 6. The molecule has 78 valence electrons. The Morgan fingerprint density at radius 2 is 1.77 bits per heavy atom. The van der Waals surface area contributed by atoms with E-state index in [2.05, 4.69) is 4.29 Å². The van der Waals surface area contributed by atoms with Gasteiger partial charge in [0.2, 0.25) is 6.29 Å². The Bertz CT molecular complexity index is 147. The smallest absolute Gasteiger partial charge is 0.206 e. The highest BCUT2D eigenvalue weighted by Gasteiger charge is 2.44. The molecule has 1 heterocycles. The molecule has 1 fully saturated rings. The van der Waals surface area contributed by atoms with Crippen LogP contribution in [0.4, 0.5) is 0 Å². The van der Waals surface area contributed by atoms with E-state index < -0.39 is 37.3 Å². The van der Waals surface area contributed by atoms with Crippen molar-refractivity contribution in [1.29, 1.82) is 0 Å². The third-order valence-electron chi connectivity index (χ3n) is 1.94. The highest BCUT2D eigenvalue weighted by Crippen LogP contribution is 2.22. The highest BCUT2D eigenvalue weighted by molar-refractivity contribution is 6.07. The Labute approximate surface area is 79.4 Å². The van der Waals surface area contributed by atoms with Crippen molar-refractivity contribution in [3.8, 4) is 0 Å². The van der Waals surface area contributed by atoms with Gasteiger partial charge in [0.25, 0.3) is 0 Å². The van der Waals surface area contributed by atoms with Crippen LogP contribution in [0.25, 0.3) is 0 Å². The van der Waals surface area contributed by atoms with Crippen molar-refractivity contribution < 1.29 is 29.5 Å². The number of rotatable bonds is 2.